The molecule has 0 atom stereocenters. The summed E-state index contributed by atoms with van der Waals surface area (Å²) in [6, 6.07) is 70.1. The van der Waals surface area contributed by atoms with Crippen LogP contribution in [-0.2, 0) is 26.5 Å². The molecule has 15 aromatic rings. The molecule has 0 N–H and O–H groups in total. The Morgan fingerprint density at radius 1 is 0.506 bits per heavy atom. The van der Waals surface area contributed by atoms with Gasteiger partial charge >= 0.3 is 0 Å². The van der Waals surface area contributed by atoms with Crippen molar-refractivity contribution >= 4 is 54.6 Å². The smallest absolute Gasteiger partial charge is 0.268 e. The number of benzene rings is 11. The van der Waals surface area contributed by atoms with Crippen molar-refractivity contribution in [2.45, 2.75) is 39.9 Å². The molecule has 0 fully saturated rings. The fraction of sp³-hybridized carbons (Fsp3) is 0.0769. The number of ether oxygens (including phenoxy) is 1. The molecule has 0 saturated carbocycles. The SMILES string of the molecule is [2H]c1c([2H])c([2H])c(-c2cccc3c2-c2cc(-c4c(C([2H])([2H])[2H])cccc4C([2H])([2H])[2H])cc(-n4c5ccccc5c5ccccc54)c2-[n+]2[c-]n(-c4[c-]c(Oc5[c-]c6c(cc5)c5ccccc5n6-c5cc(C(C)(C)C)ccn5)ccc4)c4cccc(c42)-c2ccccc2-3)c([2H])c1[2H].[Pt]. The molecule has 0 unspecified atom stereocenters. The Hall–Kier alpha value is -9.87. The molecule has 6 nitrogen and oxygen atoms in total. The number of hydrogen-bond donors (Lipinski definition) is 0. The molecule has 85 heavy (non-hydrogen) atoms. The molecular formula is C78H55N5OPt-2. The minimum Gasteiger partial charge on any atom is -0.510 e. The Bertz CT molecular complexity index is 5640. The monoisotopic (exact) mass is 1280 g/mol. The standard InChI is InChI=1S/C78H55N5O.Pt/c1-49-21-17-22-50(2)74(49)52-43-66-75-57(51-23-7-6-8-24-51)32-19-33-64(75)58-27-9-10-28-59(58)65-34-20-38-70-76(65)81(77(66)72(44-52)82-67-35-14-11-29-60(67)61-30-12-15-36-68(61)82)48-80(70)54-25-18-26-55(46-54)84-56-39-40-63-62-31-13-16-37-69(62)83(71(63)47-56)73-45-53(41-42-79-73)78(3,4)5;/h6-45H,1-5H3;/q-2;/i1D3,2D3,6D,7D,8D,23D,24D;. The Balaban J connectivity index is 0.00000756. The summed E-state index contributed by atoms with van der Waals surface area (Å²) in [5.41, 5.74) is 10.9. The van der Waals surface area contributed by atoms with E-state index in [2.05, 4.69) is 66.6 Å². The quantitative estimate of drug-likeness (QED) is 0.118. The van der Waals surface area contributed by atoms with Gasteiger partial charge in [-0.1, -0.05) is 190 Å². The van der Waals surface area contributed by atoms with Gasteiger partial charge in [0.1, 0.15) is 5.82 Å². The summed E-state index contributed by atoms with van der Waals surface area (Å²) in [5, 5.41) is 3.82. The van der Waals surface area contributed by atoms with Crippen molar-refractivity contribution in [3.63, 3.8) is 0 Å². The van der Waals surface area contributed by atoms with Gasteiger partial charge in [-0.3, -0.25) is 4.57 Å². The number of hydrogen-bond acceptors (Lipinski definition) is 2. The van der Waals surface area contributed by atoms with Crippen molar-refractivity contribution in [2.75, 3.05) is 0 Å². The number of imidazole rings is 1. The summed E-state index contributed by atoms with van der Waals surface area (Å²) >= 11 is 0. The molecule has 5 heterocycles. The average molecular weight is 1280 g/mol. The van der Waals surface area contributed by atoms with Gasteiger partial charge in [-0.25, -0.2) is 4.98 Å². The second-order valence-corrected chi connectivity index (χ2v) is 22.3. The van der Waals surface area contributed by atoms with Gasteiger partial charge in [-0.15, -0.1) is 29.7 Å². The molecule has 0 aliphatic carbocycles. The van der Waals surface area contributed by atoms with Crippen molar-refractivity contribution in [1.29, 1.82) is 0 Å². The first-order valence-electron chi connectivity index (χ1n) is 33.4. The van der Waals surface area contributed by atoms with Crippen molar-refractivity contribution < 1.29 is 45.4 Å². The minimum absolute atomic E-state index is 0. The van der Waals surface area contributed by atoms with Crippen LogP contribution in [-0.4, -0.2) is 18.7 Å². The largest absolute Gasteiger partial charge is 0.510 e. The van der Waals surface area contributed by atoms with E-state index in [0.717, 1.165) is 71.7 Å². The van der Waals surface area contributed by atoms with Crippen LogP contribution >= 0.6 is 0 Å². The molecule has 4 aromatic heterocycles. The summed E-state index contributed by atoms with van der Waals surface area (Å²) in [7, 11) is 0. The van der Waals surface area contributed by atoms with E-state index in [4.69, 9.17) is 22.1 Å². The molecule has 1 aliphatic rings. The van der Waals surface area contributed by atoms with Gasteiger partial charge in [0.25, 0.3) is 6.33 Å². The fourth-order valence-electron chi connectivity index (χ4n) is 12.7. The van der Waals surface area contributed by atoms with Gasteiger partial charge < -0.3 is 18.4 Å². The van der Waals surface area contributed by atoms with E-state index >= 15 is 0 Å². The zero-order chi connectivity index (χ0) is 65.7. The molecule has 410 valence electrons. The van der Waals surface area contributed by atoms with Gasteiger partial charge in [0, 0.05) is 63.3 Å². The molecule has 0 saturated heterocycles. The van der Waals surface area contributed by atoms with Crippen LogP contribution in [0, 0.1) is 32.2 Å². The predicted octanol–water partition coefficient (Wildman–Crippen LogP) is 19.2. The number of pyridine rings is 1. The maximum atomic E-state index is 9.65. The maximum absolute atomic E-state index is 9.65. The van der Waals surface area contributed by atoms with Crippen LogP contribution in [0.5, 0.6) is 11.5 Å². The van der Waals surface area contributed by atoms with Crippen molar-refractivity contribution in [3.8, 4) is 90.0 Å². The Morgan fingerprint density at radius 3 is 1.84 bits per heavy atom. The summed E-state index contributed by atoms with van der Waals surface area (Å²) < 4.78 is 116. The molecular weight excluding hydrogens is 1220 g/mol. The van der Waals surface area contributed by atoms with Crippen molar-refractivity contribution in [2.24, 2.45) is 0 Å². The predicted molar refractivity (Wildman–Crippen MR) is 343 cm³/mol. The summed E-state index contributed by atoms with van der Waals surface area (Å²) in [4.78, 5) is 4.89. The van der Waals surface area contributed by atoms with E-state index in [1.165, 1.54) is 18.2 Å². The fourth-order valence-corrected chi connectivity index (χ4v) is 12.7. The number of fused-ring (bicyclic) bond motifs is 13. The molecule has 7 heteroatoms. The van der Waals surface area contributed by atoms with E-state index < -0.39 is 43.9 Å². The number of aromatic nitrogens is 5. The van der Waals surface area contributed by atoms with E-state index in [-0.39, 0.29) is 59.9 Å². The maximum Gasteiger partial charge on any atom is 0.268 e. The third-order valence-electron chi connectivity index (χ3n) is 16.4. The number of rotatable bonds is 7. The first kappa shape index (κ1) is 41.2. The van der Waals surface area contributed by atoms with Crippen LogP contribution in [0.4, 0.5) is 0 Å². The topological polar surface area (TPSA) is 40.8 Å². The molecule has 0 spiro atoms. The number of nitrogens with zero attached hydrogens (tertiary/aromatic N) is 5. The summed E-state index contributed by atoms with van der Waals surface area (Å²) in [6.45, 7) is 0.907. The van der Waals surface area contributed by atoms with Crippen LogP contribution in [0.3, 0.4) is 0 Å². The minimum atomic E-state index is -2.82. The van der Waals surface area contributed by atoms with Gasteiger partial charge in [-0.2, -0.15) is 18.2 Å². The Labute approximate surface area is 523 Å². The van der Waals surface area contributed by atoms with Crippen LogP contribution in [0.2, 0.25) is 0 Å². The van der Waals surface area contributed by atoms with E-state index in [1.807, 2.05) is 173 Å². The summed E-state index contributed by atoms with van der Waals surface area (Å²) in [5.74, 6) is 1.57. The Kier molecular flexibility index (Phi) is 9.78. The van der Waals surface area contributed by atoms with Crippen molar-refractivity contribution in [1.82, 2.24) is 18.7 Å². The molecule has 0 radical (unpaired) electrons. The Morgan fingerprint density at radius 2 is 1.11 bits per heavy atom. The van der Waals surface area contributed by atoms with Gasteiger partial charge in [0.05, 0.1) is 40.3 Å². The average Bonchev–Trinajstić information content (AvgIpc) is 1.50. The van der Waals surface area contributed by atoms with Crippen LogP contribution < -0.4 is 9.30 Å². The molecule has 1 aliphatic heterocycles. The van der Waals surface area contributed by atoms with E-state index in [1.54, 1.807) is 12.1 Å². The molecule has 16 rings (SSSR count). The van der Waals surface area contributed by atoms with Gasteiger partial charge in [0.2, 0.25) is 0 Å². The first-order valence-corrected chi connectivity index (χ1v) is 27.9. The number of aryl methyl sites for hydroxylation is 2. The van der Waals surface area contributed by atoms with Crippen LogP contribution in [0.15, 0.2) is 243 Å². The zero-order valence-corrected chi connectivity index (χ0v) is 48.4. The second-order valence-electron chi connectivity index (χ2n) is 22.3. The number of para-hydroxylation sites is 4. The molecule has 11 aromatic carbocycles. The van der Waals surface area contributed by atoms with Gasteiger partial charge in [0.15, 0.2) is 0 Å². The third kappa shape index (κ3) is 8.33. The van der Waals surface area contributed by atoms with Crippen LogP contribution in [0.1, 0.15) is 52.5 Å². The van der Waals surface area contributed by atoms with Gasteiger partial charge in [-0.05, 0) is 145 Å². The first-order chi connectivity index (χ1) is 45.6. The summed E-state index contributed by atoms with van der Waals surface area (Å²) in [6.07, 6.45) is 5.69. The van der Waals surface area contributed by atoms with E-state index in [9.17, 15) is 2.74 Å². The molecule has 0 amide bonds. The zero-order valence-electron chi connectivity index (χ0n) is 57.2. The normalized spacial score (nSPS) is 14.1. The van der Waals surface area contributed by atoms with E-state index in [0.29, 0.717) is 56.3 Å². The van der Waals surface area contributed by atoms with Crippen molar-refractivity contribution in [3.05, 3.63) is 278 Å². The molecule has 0 bridgehead atoms. The van der Waals surface area contributed by atoms with Crippen LogP contribution in [0.25, 0.3) is 133 Å². The second kappa shape index (κ2) is 20.2. The third-order valence-corrected chi connectivity index (χ3v) is 16.4.